The summed E-state index contributed by atoms with van der Waals surface area (Å²) in [6, 6.07) is 0.628. The van der Waals surface area contributed by atoms with Crippen molar-refractivity contribution < 1.29 is 4.74 Å². The summed E-state index contributed by atoms with van der Waals surface area (Å²) in [6.07, 6.45) is 9.94. The van der Waals surface area contributed by atoms with E-state index in [0.29, 0.717) is 12.0 Å². The molecule has 0 spiro atoms. The highest BCUT2D eigenvalue weighted by atomic mass is 16.5. The molecule has 2 fully saturated rings. The molecule has 0 amide bonds. The molecule has 3 rings (SSSR count). The van der Waals surface area contributed by atoms with Gasteiger partial charge in [-0.25, -0.2) is 4.98 Å². The largest absolute Gasteiger partial charge is 0.381 e. The van der Waals surface area contributed by atoms with Crippen LogP contribution in [-0.2, 0) is 11.3 Å². The van der Waals surface area contributed by atoms with E-state index < -0.39 is 0 Å². The van der Waals surface area contributed by atoms with Gasteiger partial charge in [0.2, 0.25) is 5.95 Å². The van der Waals surface area contributed by atoms with Crippen molar-refractivity contribution in [1.29, 1.82) is 0 Å². The van der Waals surface area contributed by atoms with Crippen LogP contribution in [0.2, 0.25) is 0 Å². The van der Waals surface area contributed by atoms with Crippen molar-refractivity contribution in [2.75, 3.05) is 18.5 Å². The lowest BCUT2D eigenvalue weighted by atomic mass is 10.0. The molecule has 4 nitrogen and oxygen atoms in total. The monoisotopic (exact) mass is 263 g/mol. The molecule has 2 aliphatic rings. The molecule has 106 valence electrons. The number of anilines is 1. The quantitative estimate of drug-likeness (QED) is 0.907. The SMILES string of the molecule is Cc1cn(CC2CCCOC2)c(NC2CCCC2)n1. The first-order valence-corrected chi connectivity index (χ1v) is 7.69. The van der Waals surface area contributed by atoms with E-state index in [0.717, 1.165) is 31.4 Å². The normalized spacial score (nSPS) is 24.8. The summed E-state index contributed by atoms with van der Waals surface area (Å²) >= 11 is 0. The second-order valence-corrected chi connectivity index (χ2v) is 6.07. The molecule has 0 aromatic carbocycles. The second-order valence-electron chi connectivity index (χ2n) is 6.07. The fourth-order valence-electron chi connectivity index (χ4n) is 3.28. The molecule has 1 aromatic rings. The Balaban J connectivity index is 1.65. The van der Waals surface area contributed by atoms with Crippen molar-refractivity contribution in [3.63, 3.8) is 0 Å². The number of imidazole rings is 1. The van der Waals surface area contributed by atoms with Crippen molar-refractivity contribution >= 4 is 5.95 Å². The predicted octanol–water partition coefficient (Wildman–Crippen LogP) is 2.97. The average Bonchev–Trinajstić information content (AvgIpc) is 3.02. The number of hydrogen-bond donors (Lipinski definition) is 1. The molecule has 1 unspecified atom stereocenters. The Morgan fingerprint density at radius 2 is 2.16 bits per heavy atom. The van der Waals surface area contributed by atoms with Crippen LogP contribution in [0.1, 0.15) is 44.2 Å². The number of nitrogens with one attached hydrogen (secondary N) is 1. The molecule has 1 N–H and O–H groups in total. The molecule has 19 heavy (non-hydrogen) atoms. The van der Waals surface area contributed by atoms with Gasteiger partial charge in [0.1, 0.15) is 0 Å². The zero-order chi connectivity index (χ0) is 13.1. The van der Waals surface area contributed by atoms with Crippen molar-refractivity contribution in [2.45, 2.75) is 58.0 Å². The molecule has 1 saturated carbocycles. The second kappa shape index (κ2) is 5.95. The minimum Gasteiger partial charge on any atom is -0.381 e. The lowest BCUT2D eigenvalue weighted by Crippen LogP contribution is -2.24. The zero-order valence-corrected chi connectivity index (χ0v) is 11.9. The van der Waals surface area contributed by atoms with E-state index in [4.69, 9.17) is 4.74 Å². The van der Waals surface area contributed by atoms with Gasteiger partial charge >= 0.3 is 0 Å². The van der Waals surface area contributed by atoms with Crippen molar-refractivity contribution in [2.24, 2.45) is 5.92 Å². The highest BCUT2D eigenvalue weighted by Gasteiger charge is 2.20. The van der Waals surface area contributed by atoms with Crippen LogP contribution in [-0.4, -0.2) is 28.8 Å². The number of ether oxygens (including phenoxy) is 1. The van der Waals surface area contributed by atoms with E-state index in [1.165, 1.54) is 38.5 Å². The summed E-state index contributed by atoms with van der Waals surface area (Å²) < 4.78 is 7.88. The fraction of sp³-hybridized carbons (Fsp3) is 0.800. The lowest BCUT2D eigenvalue weighted by molar-refractivity contribution is 0.0485. The molecule has 1 aliphatic heterocycles. The summed E-state index contributed by atoms with van der Waals surface area (Å²) in [6.45, 7) is 4.95. The smallest absolute Gasteiger partial charge is 0.203 e. The van der Waals surface area contributed by atoms with E-state index in [9.17, 15) is 0 Å². The molecule has 1 saturated heterocycles. The minimum atomic E-state index is 0.628. The first kappa shape index (κ1) is 13.0. The Labute approximate surface area is 115 Å². The number of rotatable bonds is 4. The maximum Gasteiger partial charge on any atom is 0.203 e. The van der Waals surface area contributed by atoms with E-state index in [-0.39, 0.29) is 0 Å². The van der Waals surface area contributed by atoms with Crippen LogP contribution >= 0.6 is 0 Å². The fourth-order valence-corrected chi connectivity index (χ4v) is 3.28. The van der Waals surface area contributed by atoms with Gasteiger partial charge in [0.15, 0.2) is 0 Å². The highest BCUT2D eigenvalue weighted by Crippen LogP contribution is 2.23. The van der Waals surface area contributed by atoms with Gasteiger partial charge in [-0.3, -0.25) is 0 Å². The maximum atomic E-state index is 5.58. The van der Waals surface area contributed by atoms with Crippen LogP contribution in [0.15, 0.2) is 6.20 Å². The molecule has 0 bridgehead atoms. The zero-order valence-electron chi connectivity index (χ0n) is 11.9. The predicted molar refractivity (Wildman–Crippen MR) is 76.4 cm³/mol. The van der Waals surface area contributed by atoms with Gasteiger partial charge < -0.3 is 14.6 Å². The Kier molecular flexibility index (Phi) is 4.06. The van der Waals surface area contributed by atoms with Crippen LogP contribution in [0.5, 0.6) is 0 Å². The third-order valence-electron chi connectivity index (χ3n) is 4.29. The molecule has 1 aliphatic carbocycles. The van der Waals surface area contributed by atoms with E-state index in [1.807, 2.05) is 0 Å². The van der Waals surface area contributed by atoms with Crippen LogP contribution < -0.4 is 5.32 Å². The molecule has 1 aromatic heterocycles. The van der Waals surface area contributed by atoms with Crippen LogP contribution in [0.4, 0.5) is 5.95 Å². The van der Waals surface area contributed by atoms with Crippen molar-refractivity contribution in [3.05, 3.63) is 11.9 Å². The van der Waals surface area contributed by atoms with Crippen LogP contribution in [0.25, 0.3) is 0 Å². The highest BCUT2D eigenvalue weighted by molar-refractivity contribution is 5.30. The topological polar surface area (TPSA) is 39.1 Å². The first-order valence-electron chi connectivity index (χ1n) is 7.69. The third kappa shape index (κ3) is 3.30. The summed E-state index contributed by atoms with van der Waals surface area (Å²) in [4.78, 5) is 4.65. The molecule has 2 heterocycles. The first-order chi connectivity index (χ1) is 9.31. The number of aryl methyl sites for hydroxylation is 1. The average molecular weight is 263 g/mol. The van der Waals surface area contributed by atoms with Gasteiger partial charge in [0.25, 0.3) is 0 Å². The van der Waals surface area contributed by atoms with Crippen molar-refractivity contribution in [1.82, 2.24) is 9.55 Å². The van der Waals surface area contributed by atoms with Crippen LogP contribution in [0, 0.1) is 12.8 Å². The Morgan fingerprint density at radius 3 is 2.89 bits per heavy atom. The van der Waals surface area contributed by atoms with E-state index in [1.54, 1.807) is 0 Å². The molecular formula is C15H25N3O. The summed E-state index contributed by atoms with van der Waals surface area (Å²) in [5.74, 6) is 1.71. The molecule has 1 atom stereocenters. The lowest BCUT2D eigenvalue weighted by Gasteiger charge is -2.23. The third-order valence-corrected chi connectivity index (χ3v) is 4.29. The van der Waals surface area contributed by atoms with Gasteiger partial charge in [-0.2, -0.15) is 0 Å². The van der Waals surface area contributed by atoms with Gasteiger partial charge in [-0.1, -0.05) is 12.8 Å². The number of hydrogen-bond acceptors (Lipinski definition) is 3. The van der Waals surface area contributed by atoms with Gasteiger partial charge in [0.05, 0.1) is 12.3 Å². The minimum absolute atomic E-state index is 0.628. The van der Waals surface area contributed by atoms with E-state index >= 15 is 0 Å². The summed E-state index contributed by atoms with van der Waals surface area (Å²) in [5, 5.41) is 3.63. The Morgan fingerprint density at radius 1 is 1.32 bits per heavy atom. The van der Waals surface area contributed by atoms with Gasteiger partial charge in [-0.15, -0.1) is 0 Å². The molecular weight excluding hydrogens is 238 g/mol. The molecule has 0 radical (unpaired) electrons. The number of aromatic nitrogens is 2. The number of nitrogens with zero attached hydrogens (tertiary/aromatic N) is 2. The van der Waals surface area contributed by atoms with Crippen LogP contribution in [0.3, 0.4) is 0 Å². The van der Waals surface area contributed by atoms with Gasteiger partial charge in [0, 0.05) is 31.3 Å². The van der Waals surface area contributed by atoms with Crippen molar-refractivity contribution in [3.8, 4) is 0 Å². The Bertz CT molecular complexity index is 404. The summed E-state index contributed by atoms with van der Waals surface area (Å²) in [5.41, 5.74) is 1.11. The molecule has 4 heteroatoms. The van der Waals surface area contributed by atoms with E-state index in [2.05, 4.69) is 28.0 Å². The summed E-state index contributed by atoms with van der Waals surface area (Å²) in [7, 11) is 0. The standard InChI is InChI=1S/C15H25N3O/c1-12-9-18(10-13-5-4-8-19-11-13)15(16-12)17-14-6-2-3-7-14/h9,13-14H,2-8,10-11H2,1H3,(H,16,17). The van der Waals surface area contributed by atoms with Gasteiger partial charge in [-0.05, 0) is 32.6 Å². The Hall–Kier alpha value is -1.03. The maximum absolute atomic E-state index is 5.58.